The fraction of sp³-hybridized carbons (Fsp3) is 1.00. The number of hydrogen-bond donors (Lipinski definition) is 1. The Bertz CT molecular complexity index is 284. The molecule has 0 aliphatic heterocycles. The SMILES string of the molecule is CCCNC1CC(OC2CCCC(CC)C2)C1OCCC. The quantitative estimate of drug-likeness (QED) is 0.700. The topological polar surface area (TPSA) is 30.5 Å². The highest BCUT2D eigenvalue weighted by atomic mass is 16.6. The molecule has 3 nitrogen and oxygen atoms in total. The van der Waals surface area contributed by atoms with Crippen molar-refractivity contribution in [1.82, 2.24) is 5.32 Å². The van der Waals surface area contributed by atoms with Gasteiger partial charge in [0.05, 0.1) is 18.3 Å². The van der Waals surface area contributed by atoms with E-state index in [0.717, 1.165) is 31.9 Å². The number of rotatable bonds is 9. The molecule has 2 aliphatic rings. The normalized spacial score (nSPS) is 36.4. The lowest BCUT2D eigenvalue weighted by Gasteiger charge is -2.46. The molecule has 0 aromatic rings. The van der Waals surface area contributed by atoms with Crippen molar-refractivity contribution in [3.63, 3.8) is 0 Å². The van der Waals surface area contributed by atoms with Gasteiger partial charge in [-0.2, -0.15) is 0 Å². The molecule has 2 rings (SSSR count). The molecule has 0 amide bonds. The third-order valence-corrected chi connectivity index (χ3v) is 5.10. The minimum Gasteiger partial charge on any atom is -0.374 e. The summed E-state index contributed by atoms with van der Waals surface area (Å²) in [6, 6.07) is 0.507. The Kier molecular flexibility index (Phi) is 7.48. The van der Waals surface area contributed by atoms with Crippen LogP contribution in [0.15, 0.2) is 0 Å². The first kappa shape index (κ1) is 17.2. The maximum absolute atomic E-state index is 6.41. The molecule has 0 bridgehead atoms. The molecule has 21 heavy (non-hydrogen) atoms. The van der Waals surface area contributed by atoms with Gasteiger partial charge in [-0.25, -0.2) is 0 Å². The Morgan fingerprint density at radius 2 is 1.90 bits per heavy atom. The van der Waals surface area contributed by atoms with Crippen molar-refractivity contribution in [2.45, 2.75) is 96.5 Å². The highest BCUT2D eigenvalue weighted by Crippen LogP contribution is 2.34. The lowest BCUT2D eigenvalue weighted by molar-refractivity contribution is -0.175. The molecule has 2 saturated carbocycles. The van der Waals surface area contributed by atoms with Gasteiger partial charge in [0.25, 0.3) is 0 Å². The van der Waals surface area contributed by atoms with Crippen LogP contribution in [0.25, 0.3) is 0 Å². The molecule has 5 atom stereocenters. The Hall–Kier alpha value is -0.120. The number of ether oxygens (including phenoxy) is 2. The molecule has 0 aromatic carbocycles. The van der Waals surface area contributed by atoms with Crippen LogP contribution in [0.5, 0.6) is 0 Å². The van der Waals surface area contributed by atoms with Crippen molar-refractivity contribution < 1.29 is 9.47 Å². The molecule has 2 fully saturated rings. The maximum atomic E-state index is 6.41. The predicted octanol–water partition coefficient (Wildman–Crippen LogP) is 3.91. The van der Waals surface area contributed by atoms with E-state index in [-0.39, 0.29) is 6.10 Å². The van der Waals surface area contributed by atoms with Crippen molar-refractivity contribution in [1.29, 1.82) is 0 Å². The van der Waals surface area contributed by atoms with Crippen molar-refractivity contribution in [3.8, 4) is 0 Å². The molecule has 1 N–H and O–H groups in total. The van der Waals surface area contributed by atoms with E-state index in [1.807, 2.05) is 0 Å². The average molecular weight is 297 g/mol. The fourth-order valence-electron chi connectivity index (χ4n) is 3.70. The van der Waals surface area contributed by atoms with Crippen LogP contribution in [0.1, 0.15) is 72.1 Å². The van der Waals surface area contributed by atoms with E-state index in [1.54, 1.807) is 0 Å². The molecule has 3 heteroatoms. The third kappa shape index (κ3) is 4.94. The van der Waals surface area contributed by atoms with Gasteiger partial charge in [-0.3, -0.25) is 0 Å². The Labute approximate surface area is 131 Å². The first-order chi connectivity index (χ1) is 10.3. The summed E-state index contributed by atoms with van der Waals surface area (Å²) in [6.07, 6.45) is 11.0. The van der Waals surface area contributed by atoms with Crippen LogP contribution in [-0.4, -0.2) is 37.5 Å². The van der Waals surface area contributed by atoms with Crippen molar-refractivity contribution in [2.75, 3.05) is 13.2 Å². The molecular formula is C18H35NO2. The van der Waals surface area contributed by atoms with Crippen molar-refractivity contribution >= 4 is 0 Å². The second-order valence-corrected chi connectivity index (χ2v) is 6.87. The third-order valence-electron chi connectivity index (χ3n) is 5.10. The van der Waals surface area contributed by atoms with Crippen LogP contribution in [0.4, 0.5) is 0 Å². The van der Waals surface area contributed by atoms with E-state index in [1.165, 1.54) is 38.5 Å². The summed E-state index contributed by atoms with van der Waals surface area (Å²) in [5.74, 6) is 0.882. The van der Waals surface area contributed by atoms with E-state index in [0.29, 0.717) is 18.2 Å². The second-order valence-electron chi connectivity index (χ2n) is 6.87. The van der Waals surface area contributed by atoms with Gasteiger partial charge >= 0.3 is 0 Å². The molecule has 0 aromatic heterocycles. The van der Waals surface area contributed by atoms with Gasteiger partial charge in [0.1, 0.15) is 0 Å². The summed E-state index contributed by atoms with van der Waals surface area (Å²) in [6.45, 7) is 8.65. The minimum absolute atomic E-state index is 0.276. The molecule has 5 unspecified atom stereocenters. The molecule has 0 radical (unpaired) electrons. The predicted molar refractivity (Wildman–Crippen MR) is 87.6 cm³/mol. The highest BCUT2D eigenvalue weighted by molar-refractivity contribution is 4.98. The van der Waals surface area contributed by atoms with Crippen LogP contribution in [0, 0.1) is 5.92 Å². The lowest BCUT2D eigenvalue weighted by atomic mass is 9.82. The fourth-order valence-corrected chi connectivity index (χ4v) is 3.70. The van der Waals surface area contributed by atoms with E-state index in [9.17, 15) is 0 Å². The van der Waals surface area contributed by atoms with Gasteiger partial charge in [-0.1, -0.05) is 40.0 Å². The first-order valence-corrected chi connectivity index (χ1v) is 9.28. The highest BCUT2D eigenvalue weighted by Gasteiger charge is 2.43. The zero-order chi connectivity index (χ0) is 15.1. The molecule has 0 spiro atoms. The standard InChI is InChI=1S/C18H35NO2/c1-4-10-19-16-13-17(18(16)20-11-5-2)21-15-9-7-8-14(6-3)12-15/h14-19H,4-13H2,1-3H3. The number of hydrogen-bond acceptors (Lipinski definition) is 3. The second kappa shape index (κ2) is 9.12. The number of nitrogens with one attached hydrogen (secondary N) is 1. The van der Waals surface area contributed by atoms with Crippen molar-refractivity contribution in [2.24, 2.45) is 5.92 Å². The Morgan fingerprint density at radius 3 is 2.62 bits per heavy atom. The maximum Gasteiger partial charge on any atom is 0.0990 e. The summed E-state index contributed by atoms with van der Waals surface area (Å²) in [4.78, 5) is 0. The summed E-state index contributed by atoms with van der Waals surface area (Å²) >= 11 is 0. The van der Waals surface area contributed by atoms with Crippen LogP contribution >= 0.6 is 0 Å². The summed E-state index contributed by atoms with van der Waals surface area (Å²) in [5.41, 5.74) is 0. The van der Waals surface area contributed by atoms with Gasteiger partial charge in [0.15, 0.2) is 0 Å². The van der Waals surface area contributed by atoms with E-state index >= 15 is 0 Å². The minimum atomic E-state index is 0.276. The average Bonchev–Trinajstić information content (AvgIpc) is 2.50. The van der Waals surface area contributed by atoms with Gasteiger partial charge in [0.2, 0.25) is 0 Å². The molecule has 2 aliphatic carbocycles. The monoisotopic (exact) mass is 297 g/mol. The van der Waals surface area contributed by atoms with Crippen LogP contribution in [0.3, 0.4) is 0 Å². The van der Waals surface area contributed by atoms with Gasteiger partial charge < -0.3 is 14.8 Å². The Morgan fingerprint density at radius 1 is 1.05 bits per heavy atom. The lowest BCUT2D eigenvalue weighted by Crippen LogP contribution is -2.61. The molecule has 0 saturated heterocycles. The zero-order valence-corrected chi connectivity index (χ0v) is 14.3. The van der Waals surface area contributed by atoms with Crippen LogP contribution in [0.2, 0.25) is 0 Å². The van der Waals surface area contributed by atoms with Crippen LogP contribution < -0.4 is 5.32 Å². The molecular weight excluding hydrogens is 262 g/mol. The van der Waals surface area contributed by atoms with E-state index < -0.39 is 0 Å². The van der Waals surface area contributed by atoms with Crippen molar-refractivity contribution in [3.05, 3.63) is 0 Å². The first-order valence-electron chi connectivity index (χ1n) is 9.28. The smallest absolute Gasteiger partial charge is 0.0990 e. The summed E-state index contributed by atoms with van der Waals surface area (Å²) in [5, 5.41) is 3.61. The van der Waals surface area contributed by atoms with Gasteiger partial charge in [-0.05, 0) is 44.6 Å². The largest absolute Gasteiger partial charge is 0.374 e. The molecule has 124 valence electrons. The summed E-state index contributed by atoms with van der Waals surface area (Å²) in [7, 11) is 0. The van der Waals surface area contributed by atoms with Crippen LogP contribution in [-0.2, 0) is 9.47 Å². The Balaban J connectivity index is 1.78. The van der Waals surface area contributed by atoms with Gasteiger partial charge in [-0.15, -0.1) is 0 Å². The molecule has 0 heterocycles. The van der Waals surface area contributed by atoms with Gasteiger partial charge in [0, 0.05) is 12.6 Å². The zero-order valence-electron chi connectivity index (χ0n) is 14.3. The summed E-state index contributed by atoms with van der Waals surface area (Å²) < 4.78 is 12.5. The van der Waals surface area contributed by atoms with E-state index in [4.69, 9.17) is 9.47 Å². The van der Waals surface area contributed by atoms with E-state index in [2.05, 4.69) is 26.1 Å².